The van der Waals surface area contributed by atoms with E-state index in [1.807, 2.05) is 38.1 Å². The lowest BCUT2D eigenvalue weighted by atomic mass is 10.2. The molecule has 0 aliphatic heterocycles. The fraction of sp³-hybridized carbons (Fsp3) is 0.385. The molecule has 0 saturated carbocycles. The van der Waals surface area contributed by atoms with Crippen LogP contribution in [-0.2, 0) is 0 Å². The Bertz CT molecular complexity index is 341. The highest BCUT2D eigenvalue weighted by Gasteiger charge is 2.02. The second kappa shape index (κ2) is 6.10. The Morgan fingerprint density at radius 2 is 2.33 bits per heavy atom. The largest absolute Gasteiger partial charge is 0.489 e. The number of hydrogen-bond acceptors (Lipinski definition) is 2. The molecule has 1 unspecified atom stereocenters. The summed E-state index contributed by atoms with van der Waals surface area (Å²) < 4.78 is 5.71. The lowest BCUT2D eigenvalue weighted by Crippen LogP contribution is -2.29. The molecule has 0 saturated heterocycles. The molecule has 0 aliphatic carbocycles. The number of aryl methyl sites for hydroxylation is 1. The van der Waals surface area contributed by atoms with Crippen molar-refractivity contribution in [3.63, 3.8) is 0 Å². The quantitative estimate of drug-likeness (QED) is 0.583. The zero-order valence-corrected chi connectivity index (χ0v) is 9.29. The fourth-order valence-corrected chi connectivity index (χ4v) is 1.31. The molecule has 2 nitrogen and oxygen atoms in total. The minimum Gasteiger partial charge on any atom is -0.489 e. The number of terminal acetylenes is 1. The van der Waals surface area contributed by atoms with Crippen molar-refractivity contribution in [1.29, 1.82) is 0 Å². The van der Waals surface area contributed by atoms with Gasteiger partial charge >= 0.3 is 0 Å². The van der Waals surface area contributed by atoms with Crippen LogP contribution in [0.15, 0.2) is 24.3 Å². The molecule has 0 amide bonds. The first-order valence-corrected chi connectivity index (χ1v) is 5.10. The van der Waals surface area contributed by atoms with Crippen LogP contribution >= 0.6 is 0 Å². The van der Waals surface area contributed by atoms with Crippen LogP contribution in [-0.4, -0.2) is 19.2 Å². The van der Waals surface area contributed by atoms with Crippen LogP contribution in [0.3, 0.4) is 0 Å². The van der Waals surface area contributed by atoms with E-state index in [1.54, 1.807) is 0 Å². The van der Waals surface area contributed by atoms with Gasteiger partial charge in [0.1, 0.15) is 11.9 Å². The van der Waals surface area contributed by atoms with Gasteiger partial charge in [0.25, 0.3) is 0 Å². The van der Waals surface area contributed by atoms with E-state index in [0.717, 1.165) is 12.3 Å². The van der Waals surface area contributed by atoms with Gasteiger partial charge in [-0.2, -0.15) is 0 Å². The number of nitrogens with one attached hydrogen (secondary N) is 1. The van der Waals surface area contributed by atoms with E-state index in [4.69, 9.17) is 11.2 Å². The van der Waals surface area contributed by atoms with E-state index >= 15 is 0 Å². The van der Waals surface area contributed by atoms with Crippen molar-refractivity contribution in [3.05, 3.63) is 29.8 Å². The Kier molecular flexibility index (Phi) is 4.73. The van der Waals surface area contributed by atoms with Crippen LogP contribution < -0.4 is 10.1 Å². The number of rotatable bonds is 5. The molecule has 80 valence electrons. The third kappa shape index (κ3) is 4.53. The summed E-state index contributed by atoms with van der Waals surface area (Å²) in [5.74, 6) is 3.44. The smallest absolute Gasteiger partial charge is 0.120 e. The molecule has 2 heteroatoms. The zero-order chi connectivity index (χ0) is 11.1. The number of hydrogen-bond donors (Lipinski definition) is 1. The second-order valence-electron chi connectivity index (χ2n) is 3.58. The van der Waals surface area contributed by atoms with Crippen molar-refractivity contribution in [2.24, 2.45) is 0 Å². The molecule has 0 heterocycles. The molecule has 1 aromatic rings. The van der Waals surface area contributed by atoms with Crippen molar-refractivity contribution >= 4 is 0 Å². The molecular weight excluding hydrogens is 186 g/mol. The highest BCUT2D eigenvalue weighted by Crippen LogP contribution is 2.13. The third-order valence-corrected chi connectivity index (χ3v) is 1.99. The standard InChI is InChI=1S/C13H17NO/c1-4-8-14-10-12(3)15-13-7-5-6-11(2)9-13/h1,5-7,9,12,14H,8,10H2,2-3H3. The Balaban J connectivity index is 2.38. The Morgan fingerprint density at radius 1 is 1.53 bits per heavy atom. The van der Waals surface area contributed by atoms with Crippen molar-refractivity contribution in [2.75, 3.05) is 13.1 Å². The maximum absolute atomic E-state index is 5.71. The molecule has 1 aromatic carbocycles. The van der Waals surface area contributed by atoms with E-state index in [1.165, 1.54) is 5.56 Å². The van der Waals surface area contributed by atoms with Gasteiger partial charge in [-0.1, -0.05) is 18.1 Å². The number of benzene rings is 1. The molecular formula is C13H17NO. The molecule has 1 atom stereocenters. The summed E-state index contributed by atoms with van der Waals surface area (Å²) in [5, 5.41) is 3.11. The van der Waals surface area contributed by atoms with Crippen molar-refractivity contribution in [3.8, 4) is 18.1 Å². The topological polar surface area (TPSA) is 21.3 Å². The first-order chi connectivity index (χ1) is 7.22. The van der Waals surface area contributed by atoms with Crippen molar-refractivity contribution in [2.45, 2.75) is 20.0 Å². The molecule has 1 rings (SSSR count). The second-order valence-corrected chi connectivity index (χ2v) is 3.58. The van der Waals surface area contributed by atoms with Gasteiger partial charge < -0.3 is 10.1 Å². The summed E-state index contributed by atoms with van der Waals surface area (Å²) in [4.78, 5) is 0. The van der Waals surface area contributed by atoms with Crippen LogP contribution in [0.5, 0.6) is 5.75 Å². The average Bonchev–Trinajstić information content (AvgIpc) is 2.18. The van der Waals surface area contributed by atoms with E-state index in [-0.39, 0.29) is 6.10 Å². The summed E-state index contributed by atoms with van der Waals surface area (Å²) in [5.41, 5.74) is 1.20. The van der Waals surface area contributed by atoms with Crippen LogP contribution in [0.25, 0.3) is 0 Å². The fourth-order valence-electron chi connectivity index (χ4n) is 1.31. The minimum absolute atomic E-state index is 0.125. The Morgan fingerprint density at radius 3 is 3.00 bits per heavy atom. The summed E-state index contributed by atoms with van der Waals surface area (Å²) >= 11 is 0. The van der Waals surface area contributed by atoms with Gasteiger partial charge in [-0.25, -0.2) is 0 Å². The van der Waals surface area contributed by atoms with Crippen LogP contribution in [0.2, 0.25) is 0 Å². The Labute approximate surface area is 91.6 Å². The lowest BCUT2D eigenvalue weighted by Gasteiger charge is -2.14. The normalized spacial score (nSPS) is 11.8. The third-order valence-electron chi connectivity index (χ3n) is 1.99. The summed E-state index contributed by atoms with van der Waals surface area (Å²) in [7, 11) is 0. The van der Waals surface area contributed by atoms with Gasteiger partial charge in [-0.05, 0) is 31.5 Å². The van der Waals surface area contributed by atoms with Gasteiger partial charge in [-0.15, -0.1) is 6.42 Å². The van der Waals surface area contributed by atoms with E-state index < -0.39 is 0 Å². The van der Waals surface area contributed by atoms with Gasteiger partial charge in [0.2, 0.25) is 0 Å². The first kappa shape index (κ1) is 11.6. The van der Waals surface area contributed by atoms with Gasteiger partial charge in [0, 0.05) is 6.54 Å². The zero-order valence-electron chi connectivity index (χ0n) is 9.29. The van der Waals surface area contributed by atoms with E-state index in [9.17, 15) is 0 Å². The highest BCUT2D eigenvalue weighted by atomic mass is 16.5. The van der Waals surface area contributed by atoms with Gasteiger partial charge in [0.05, 0.1) is 6.54 Å². The van der Waals surface area contributed by atoms with Gasteiger partial charge in [0.15, 0.2) is 0 Å². The van der Waals surface area contributed by atoms with Crippen molar-refractivity contribution in [1.82, 2.24) is 5.32 Å². The molecule has 0 aliphatic rings. The minimum atomic E-state index is 0.125. The molecule has 0 radical (unpaired) electrons. The van der Waals surface area contributed by atoms with E-state index in [2.05, 4.69) is 11.2 Å². The summed E-state index contributed by atoms with van der Waals surface area (Å²) in [6.45, 7) is 5.42. The number of ether oxygens (including phenoxy) is 1. The van der Waals surface area contributed by atoms with Crippen molar-refractivity contribution < 1.29 is 4.74 Å². The predicted molar refractivity (Wildman–Crippen MR) is 63.0 cm³/mol. The van der Waals surface area contributed by atoms with Crippen LogP contribution in [0.1, 0.15) is 12.5 Å². The van der Waals surface area contributed by atoms with E-state index in [0.29, 0.717) is 6.54 Å². The van der Waals surface area contributed by atoms with Gasteiger partial charge in [-0.3, -0.25) is 0 Å². The average molecular weight is 203 g/mol. The van der Waals surface area contributed by atoms with Crippen LogP contribution in [0.4, 0.5) is 0 Å². The molecule has 0 fully saturated rings. The predicted octanol–water partition coefficient (Wildman–Crippen LogP) is 1.99. The molecule has 1 N–H and O–H groups in total. The highest BCUT2D eigenvalue weighted by molar-refractivity contribution is 5.27. The monoisotopic (exact) mass is 203 g/mol. The summed E-state index contributed by atoms with van der Waals surface area (Å²) in [6.07, 6.45) is 5.26. The maximum Gasteiger partial charge on any atom is 0.120 e. The molecule has 15 heavy (non-hydrogen) atoms. The molecule has 0 aromatic heterocycles. The lowest BCUT2D eigenvalue weighted by molar-refractivity contribution is 0.219. The molecule has 0 bridgehead atoms. The Hall–Kier alpha value is -1.46. The first-order valence-electron chi connectivity index (χ1n) is 5.10. The molecule has 0 spiro atoms. The summed E-state index contributed by atoms with van der Waals surface area (Å²) in [6, 6.07) is 8.03. The SMILES string of the molecule is C#CCNCC(C)Oc1cccc(C)c1. The maximum atomic E-state index is 5.71. The van der Waals surface area contributed by atoms with Crippen LogP contribution in [0, 0.1) is 19.3 Å².